The van der Waals surface area contributed by atoms with E-state index in [2.05, 4.69) is 10.6 Å². The Balaban J connectivity index is 1.72. The molecule has 0 spiro atoms. The molecule has 104 valence electrons. The van der Waals surface area contributed by atoms with Gasteiger partial charge in [0.25, 0.3) is 0 Å². The van der Waals surface area contributed by atoms with E-state index < -0.39 is 0 Å². The molecule has 1 saturated carbocycles. The van der Waals surface area contributed by atoms with Gasteiger partial charge in [0.1, 0.15) is 5.82 Å². The van der Waals surface area contributed by atoms with Crippen LogP contribution in [0.2, 0.25) is 0 Å². The molecular formula is C16H23FN2. The number of hydrogen-bond acceptors (Lipinski definition) is 2. The maximum absolute atomic E-state index is 13.6. The van der Waals surface area contributed by atoms with Crippen LogP contribution in [-0.2, 0) is 0 Å². The van der Waals surface area contributed by atoms with E-state index in [1.54, 1.807) is 6.07 Å². The molecule has 3 rings (SSSR count). The Morgan fingerprint density at radius 3 is 2.89 bits per heavy atom. The quantitative estimate of drug-likeness (QED) is 0.871. The van der Waals surface area contributed by atoms with Crippen molar-refractivity contribution in [2.24, 2.45) is 5.92 Å². The van der Waals surface area contributed by atoms with Gasteiger partial charge in [-0.15, -0.1) is 0 Å². The van der Waals surface area contributed by atoms with Crippen LogP contribution in [0.4, 0.5) is 10.1 Å². The van der Waals surface area contributed by atoms with Crippen LogP contribution in [0.25, 0.3) is 0 Å². The highest BCUT2D eigenvalue weighted by Gasteiger charge is 2.35. The van der Waals surface area contributed by atoms with Crippen LogP contribution >= 0.6 is 0 Å². The van der Waals surface area contributed by atoms with Gasteiger partial charge in [0.05, 0.1) is 0 Å². The molecule has 3 atom stereocenters. The SMILES string of the molecule is Cc1c(F)cccc1NC1CCCC1C1CCCN1. The number of nitrogens with one attached hydrogen (secondary N) is 2. The summed E-state index contributed by atoms with van der Waals surface area (Å²) < 4.78 is 13.6. The average Bonchev–Trinajstić information content (AvgIpc) is 3.05. The van der Waals surface area contributed by atoms with Crippen molar-refractivity contribution in [3.05, 3.63) is 29.6 Å². The normalized spacial score (nSPS) is 30.7. The molecule has 0 bridgehead atoms. The van der Waals surface area contributed by atoms with Crippen LogP contribution in [-0.4, -0.2) is 18.6 Å². The maximum atomic E-state index is 13.6. The first kappa shape index (κ1) is 12.9. The highest BCUT2D eigenvalue weighted by atomic mass is 19.1. The Hall–Kier alpha value is -1.09. The molecule has 0 radical (unpaired) electrons. The Morgan fingerprint density at radius 1 is 1.21 bits per heavy atom. The van der Waals surface area contributed by atoms with Gasteiger partial charge < -0.3 is 10.6 Å². The van der Waals surface area contributed by atoms with E-state index in [0.717, 1.165) is 17.8 Å². The molecule has 1 saturated heterocycles. The molecule has 1 aromatic rings. The number of rotatable bonds is 3. The summed E-state index contributed by atoms with van der Waals surface area (Å²) in [5, 5.41) is 7.22. The predicted molar refractivity (Wildman–Crippen MR) is 76.9 cm³/mol. The summed E-state index contributed by atoms with van der Waals surface area (Å²) >= 11 is 0. The lowest BCUT2D eigenvalue weighted by Crippen LogP contribution is -2.38. The summed E-state index contributed by atoms with van der Waals surface area (Å²) in [5.41, 5.74) is 1.71. The molecule has 0 aromatic heterocycles. The topological polar surface area (TPSA) is 24.1 Å². The third-order valence-corrected chi connectivity index (χ3v) is 4.79. The van der Waals surface area contributed by atoms with Gasteiger partial charge >= 0.3 is 0 Å². The Morgan fingerprint density at radius 2 is 2.11 bits per heavy atom. The van der Waals surface area contributed by atoms with Crippen LogP contribution in [0.5, 0.6) is 0 Å². The van der Waals surface area contributed by atoms with Gasteiger partial charge in [-0.25, -0.2) is 4.39 Å². The molecule has 2 nitrogen and oxygen atoms in total. The summed E-state index contributed by atoms with van der Waals surface area (Å²) in [4.78, 5) is 0. The maximum Gasteiger partial charge on any atom is 0.128 e. The lowest BCUT2D eigenvalue weighted by molar-refractivity contribution is 0.376. The number of benzene rings is 1. The molecule has 1 aromatic carbocycles. The molecule has 19 heavy (non-hydrogen) atoms. The molecule has 3 unspecified atom stereocenters. The van der Waals surface area contributed by atoms with Crippen molar-refractivity contribution in [3.8, 4) is 0 Å². The van der Waals surface area contributed by atoms with Crippen molar-refractivity contribution in [1.29, 1.82) is 0 Å². The van der Waals surface area contributed by atoms with Gasteiger partial charge in [0, 0.05) is 23.3 Å². The molecule has 3 heteroatoms. The van der Waals surface area contributed by atoms with Crippen molar-refractivity contribution < 1.29 is 4.39 Å². The zero-order valence-corrected chi connectivity index (χ0v) is 11.6. The van der Waals surface area contributed by atoms with Crippen molar-refractivity contribution in [3.63, 3.8) is 0 Å². The number of hydrogen-bond donors (Lipinski definition) is 2. The monoisotopic (exact) mass is 262 g/mol. The second kappa shape index (κ2) is 5.49. The van der Waals surface area contributed by atoms with E-state index in [1.165, 1.54) is 38.2 Å². The van der Waals surface area contributed by atoms with Gasteiger partial charge in [0.15, 0.2) is 0 Å². The van der Waals surface area contributed by atoms with E-state index in [9.17, 15) is 4.39 Å². The largest absolute Gasteiger partial charge is 0.382 e. The fourth-order valence-electron chi connectivity index (χ4n) is 3.69. The highest BCUT2D eigenvalue weighted by molar-refractivity contribution is 5.52. The second-order valence-corrected chi connectivity index (χ2v) is 5.96. The molecule has 1 aliphatic carbocycles. The summed E-state index contributed by atoms with van der Waals surface area (Å²) in [7, 11) is 0. The van der Waals surface area contributed by atoms with Crippen LogP contribution in [0.3, 0.4) is 0 Å². The lowest BCUT2D eigenvalue weighted by atomic mass is 9.93. The molecular weight excluding hydrogens is 239 g/mol. The van der Waals surface area contributed by atoms with Crippen molar-refractivity contribution in [2.75, 3.05) is 11.9 Å². The third kappa shape index (κ3) is 2.62. The molecule has 0 amide bonds. The Bertz CT molecular complexity index is 440. The van der Waals surface area contributed by atoms with E-state index in [-0.39, 0.29) is 5.82 Å². The smallest absolute Gasteiger partial charge is 0.128 e. The van der Waals surface area contributed by atoms with E-state index >= 15 is 0 Å². The first-order valence-corrected chi connectivity index (χ1v) is 7.51. The molecule has 1 heterocycles. The summed E-state index contributed by atoms with van der Waals surface area (Å²) in [6.45, 7) is 3.02. The Kier molecular flexibility index (Phi) is 3.74. The molecule has 2 aliphatic rings. The van der Waals surface area contributed by atoms with Crippen molar-refractivity contribution in [2.45, 2.75) is 51.1 Å². The third-order valence-electron chi connectivity index (χ3n) is 4.79. The minimum atomic E-state index is -0.112. The minimum absolute atomic E-state index is 0.112. The van der Waals surface area contributed by atoms with E-state index in [1.807, 2.05) is 13.0 Å². The van der Waals surface area contributed by atoms with Crippen molar-refractivity contribution in [1.82, 2.24) is 5.32 Å². The van der Waals surface area contributed by atoms with Gasteiger partial charge in [-0.2, -0.15) is 0 Å². The fourth-order valence-corrected chi connectivity index (χ4v) is 3.69. The number of anilines is 1. The molecule has 1 aliphatic heterocycles. The van der Waals surface area contributed by atoms with E-state index in [4.69, 9.17) is 0 Å². The van der Waals surface area contributed by atoms with Crippen LogP contribution in [0.1, 0.15) is 37.7 Å². The van der Waals surface area contributed by atoms with Gasteiger partial charge in [-0.05, 0) is 57.2 Å². The van der Waals surface area contributed by atoms with E-state index in [0.29, 0.717) is 18.0 Å². The zero-order chi connectivity index (χ0) is 13.2. The minimum Gasteiger partial charge on any atom is -0.382 e. The van der Waals surface area contributed by atoms with Crippen LogP contribution in [0.15, 0.2) is 18.2 Å². The van der Waals surface area contributed by atoms with Gasteiger partial charge in [-0.1, -0.05) is 12.5 Å². The summed E-state index contributed by atoms with van der Waals surface area (Å²) in [5.74, 6) is 0.587. The fraction of sp³-hybridized carbons (Fsp3) is 0.625. The second-order valence-electron chi connectivity index (χ2n) is 5.96. The summed E-state index contributed by atoms with van der Waals surface area (Å²) in [6.07, 6.45) is 6.38. The zero-order valence-electron chi connectivity index (χ0n) is 11.6. The standard InChI is InChI=1S/C16H23FN2/c1-11-13(17)6-3-7-14(11)19-16-8-2-5-12(16)15-9-4-10-18-15/h3,6-7,12,15-16,18-19H,2,4-5,8-10H2,1H3. The number of halogens is 1. The van der Waals surface area contributed by atoms with Crippen LogP contribution < -0.4 is 10.6 Å². The van der Waals surface area contributed by atoms with Gasteiger partial charge in [-0.3, -0.25) is 0 Å². The Labute approximate surface area is 114 Å². The highest BCUT2D eigenvalue weighted by Crippen LogP contribution is 2.34. The summed E-state index contributed by atoms with van der Waals surface area (Å²) in [6, 6.07) is 6.48. The first-order valence-electron chi connectivity index (χ1n) is 7.51. The van der Waals surface area contributed by atoms with Gasteiger partial charge in [0.2, 0.25) is 0 Å². The average molecular weight is 262 g/mol. The lowest BCUT2D eigenvalue weighted by Gasteiger charge is -2.28. The molecule has 2 N–H and O–H groups in total. The van der Waals surface area contributed by atoms with Crippen molar-refractivity contribution >= 4 is 5.69 Å². The van der Waals surface area contributed by atoms with Crippen LogP contribution in [0, 0.1) is 18.7 Å². The first-order chi connectivity index (χ1) is 9.25. The predicted octanol–water partition coefficient (Wildman–Crippen LogP) is 3.47. The molecule has 2 fully saturated rings.